The summed E-state index contributed by atoms with van der Waals surface area (Å²) in [5.74, 6) is 0.989. The maximum atomic E-state index is 5.68. The second-order valence-corrected chi connectivity index (χ2v) is 4.93. The third kappa shape index (κ3) is 3.56. The van der Waals surface area contributed by atoms with E-state index in [1.807, 2.05) is 0 Å². The lowest BCUT2D eigenvalue weighted by Crippen LogP contribution is -2.17. The van der Waals surface area contributed by atoms with Crippen LogP contribution in [0.2, 0.25) is 0 Å². The number of nitrogens with zero attached hydrogens (tertiary/aromatic N) is 3. The Balaban J connectivity index is 1.98. The molecule has 0 amide bonds. The van der Waals surface area contributed by atoms with E-state index in [0.717, 1.165) is 17.8 Å². The van der Waals surface area contributed by atoms with Gasteiger partial charge in [-0.25, -0.2) is 4.98 Å². The second kappa shape index (κ2) is 6.36. The summed E-state index contributed by atoms with van der Waals surface area (Å²) in [7, 11) is 0. The fourth-order valence-electron chi connectivity index (χ4n) is 2.14. The van der Waals surface area contributed by atoms with Crippen molar-refractivity contribution in [3.63, 3.8) is 0 Å². The Bertz CT molecular complexity index is 521. The Kier molecular flexibility index (Phi) is 4.54. The molecule has 0 aliphatic carbocycles. The van der Waals surface area contributed by atoms with Crippen LogP contribution in [0.5, 0.6) is 0 Å². The number of nitrogen functional groups attached to an aromatic ring is 1. The highest BCUT2D eigenvalue weighted by Gasteiger charge is 2.10. The minimum Gasteiger partial charge on any atom is -0.368 e. The van der Waals surface area contributed by atoms with Gasteiger partial charge < -0.3 is 16.0 Å². The quantitative estimate of drug-likeness (QED) is 0.667. The number of imidazole rings is 1. The third-order valence-electron chi connectivity index (χ3n) is 3.18. The highest BCUT2D eigenvalue weighted by molar-refractivity contribution is 5.83. The topological polar surface area (TPSA) is 92.5 Å². The van der Waals surface area contributed by atoms with Crippen LogP contribution in [0.3, 0.4) is 0 Å². The van der Waals surface area contributed by atoms with Crippen molar-refractivity contribution in [1.29, 1.82) is 0 Å². The number of fused-ring (bicyclic) bond motifs is 1. The van der Waals surface area contributed by atoms with Gasteiger partial charge in [0.25, 0.3) is 0 Å². The molecule has 0 spiro atoms. The molecule has 2 aromatic rings. The minimum absolute atomic E-state index is 0.250. The molecule has 0 bridgehead atoms. The summed E-state index contributed by atoms with van der Waals surface area (Å²) in [6.07, 6.45) is 7.81. The highest BCUT2D eigenvalue weighted by Crippen LogP contribution is 2.19. The summed E-state index contributed by atoms with van der Waals surface area (Å²) in [6, 6.07) is 0.359. The maximum Gasteiger partial charge on any atom is 0.224 e. The van der Waals surface area contributed by atoms with Crippen molar-refractivity contribution in [3.8, 4) is 0 Å². The highest BCUT2D eigenvalue weighted by atomic mass is 15.1. The normalized spacial score (nSPS) is 12.7. The lowest BCUT2D eigenvalue weighted by molar-refractivity contribution is 0.593. The van der Waals surface area contributed by atoms with Crippen LogP contribution in [0.25, 0.3) is 11.2 Å². The summed E-state index contributed by atoms with van der Waals surface area (Å²) in [5, 5.41) is 3.39. The molecule has 104 valence electrons. The van der Waals surface area contributed by atoms with E-state index in [0.29, 0.717) is 11.7 Å². The van der Waals surface area contributed by atoms with Crippen LogP contribution >= 0.6 is 0 Å². The number of nitrogens with one attached hydrogen (secondary N) is 2. The van der Waals surface area contributed by atoms with E-state index < -0.39 is 0 Å². The molecule has 0 fully saturated rings. The molecular weight excluding hydrogens is 240 g/mol. The van der Waals surface area contributed by atoms with E-state index in [-0.39, 0.29) is 5.95 Å². The molecule has 0 aliphatic rings. The predicted octanol–water partition coefficient (Wildman–Crippen LogP) is 2.71. The number of aromatic amines is 1. The van der Waals surface area contributed by atoms with Crippen molar-refractivity contribution in [2.24, 2.45) is 0 Å². The van der Waals surface area contributed by atoms with Crippen LogP contribution in [-0.4, -0.2) is 26.0 Å². The Labute approximate surface area is 113 Å². The molecular formula is C13H22N6. The zero-order chi connectivity index (χ0) is 13.7. The maximum absolute atomic E-state index is 5.68. The summed E-state index contributed by atoms with van der Waals surface area (Å²) in [5.41, 5.74) is 7.10. The molecule has 2 aromatic heterocycles. The second-order valence-electron chi connectivity index (χ2n) is 4.93. The standard InChI is InChI=1S/C13H22N6/c1-3-4-5-6-7-9(2)17-12-10-11(16-8-15-10)18-13(14)19-12/h8-9H,3-7H2,1-2H3,(H4,14,15,16,17,18,19). The molecule has 6 nitrogen and oxygen atoms in total. The van der Waals surface area contributed by atoms with E-state index in [1.165, 1.54) is 25.7 Å². The van der Waals surface area contributed by atoms with Crippen LogP contribution in [0.15, 0.2) is 6.33 Å². The number of hydrogen-bond donors (Lipinski definition) is 3. The van der Waals surface area contributed by atoms with Crippen molar-refractivity contribution in [2.45, 2.75) is 52.0 Å². The number of hydrogen-bond acceptors (Lipinski definition) is 5. The number of anilines is 2. The van der Waals surface area contributed by atoms with Crippen molar-refractivity contribution < 1.29 is 0 Å². The van der Waals surface area contributed by atoms with Gasteiger partial charge in [0, 0.05) is 6.04 Å². The van der Waals surface area contributed by atoms with Gasteiger partial charge in [0.1, 0.15) is 5.52 Å². The molecule has 0 saturated carbocycles. The zero-order valence-electron chi connectivity index (χ0n) is 11.6. The first-order chi connectivity index (χ1) is 9.20. The summed E-state index contributed by atoms with van der Waals surface area (Å²) < 4.78 is 0. The number of nitrogens with two attached hydrogens (primary N) is 1. The van der Waals surface area contributed by atoms with E-state index in [9.17, 15) is 0 Å². The van der Waals surface area contributed by atoms with Gasteiger partial charge in [0.05, 0.1) is 6.33 Å². The summed E-state index contributed by atoms with van der Waals surface area (Å²) in [4.78, 5) is 15.5. The molecule has 6 heteroatoms. The number of aromatic nitrogens is 4. The molecule has 0 aliphatic heterocycles. The number of rotatable bonds is 7. The molecule has 0 aromatic carbocycles. The molecule has 19 heavy (non-hydrogen) atoms. The number of H-pyrrole nitrogens is 1. The molecule has 0 radical (unpaired) electrons. The molecule has 4 N–H and O–H groups in total. The van der Waals surface area contributed by atoms with Crippen LogP contribution in [-0.2, 0) is 0 Å². The predicted molar refractivity (Wildman–Crippen MR) is 77.9 cm³/mol. The van der Waals surface area contributed by atoms with Crippen molar-refractivity contribution >= 4 is 22.9 Å². The third-order valence-corrected chi connectivity index (χ3v) is 3.18. The van der Waals surface area contributed by atoms with Gasteiger partial charge in [-0.15, -0.1) is 0 Å². The van der Waals surface area contributed by atoms with Gasteiger partial charge >= 0.3 is 0 Å². The average molecular weight is 262 g/mol. The average Bonchev–Trinajstić information content (AvgIpc) is 2.82. The fourth-order valence-corrected chi connectivity index (χ4v) is 2.14. The lowest BCUT2D eigenvalue weighted by Gasteiger charge is -2.14. The first kappa shape index (κ1) is 13.6. The zero-order valence-corrected chi connectivity index (χ0v) is 11.6. The molecule has 1 atom stereocenters. The molecule has 2 rings (SSSR count). The largest absolute Gasteiger partial charge is 0.368 e. The first-order valence-electron chi connectivity index (χ1n) is 6.93. The van der Waals surface area contributed by atoms with Crippen LogP contribution in [0, 0.1) is 0 Å². The first-order valence-corrected chi connectivity index (χ1v) is 6.93. The van der Waals surface area contributed by atoms with Gasteiger partial charge in [0.2, 0.25) is 5.95 Å². The number of unbranched alkanes of at least 4 members (excludes halogenated alkanes) is 3. The van der Waals surface area contributed by atoms with Crippen molar-refractivity contribution in [3.05, 3.63) is 6.33 Å². The van der Waals surface area contributed by atoms with Gasteiger partial charge in [-0.3, -0.25) is 0 Å². The van der Waals surface area contributed by atoms with E-state index in [4.69, 9.17) is 5.73 Å². The van der Waals surface area contributed by atoms with Crippen LogP contribution < -0.4 is 11.1 Å². The van der Waals surface area contributed by atoms with Gasteiger partial charge in [0.15, 0.2) is 11.5 Å². The fraction of sp³-hybridized carbons (Fsp3) is 0.615. The van der Waals surface area contributed by atoms with Gasteiger partial charge in [-0.05, 0) is 13.3 Å². The van der Waals surface area contributed by atoms with Crippen LogP contribution in [0.4, 0.5) is 11.8 Å². The lowest BCUT2D eigenvalue weighted by atomic mass is 10.1. The summed E-state index contributed by atoms with van der Waals surface area (Å²) in [6.45, 7) is 4.38. The van der Waals surface area contributed by atoms with Crippen LogP contribution in [0.1, 0.15) is 46.0 Å². The molecule has 0 saturated heterocycles. The monoisotopic (exact) mass is 262 g/mol. The summed E-state index contributed by atoms with van der Waals surface area (Å²) >= 11 is 0. The van der Waals surface area contributed by atoms with Crippen molar-refractivity contribution in [1.82, 2.24) is 19.9 Å². The van der Waals surface area contributed by atoms with E-state index in [2.05, 4.69) is 39.1 Å². The van der Waals surface area contributed by atoms with Gasteiger partial charge in [-0.2, -0.15) is 9.97 Å². The Morgan fingerprint density at radius 3 is 2.95 bits per heavy atom. The smallest absolute Gasteiger partial charge is 0.224 e. The van der Waals surface area contributed by atoms with E-state index in [1.54, 1.807) is 6.33 Å². The Morgan fingerprint density at radius 2 is 2.16 bits per heavy atom. The van der Waals surface area contributed by atoms with Gasteiger partial charge in [-0.1, -0.05) is 32.6 Å². The minimum atomic E-state index is 0.250. The SMILES string of the molecule is CCCCCCC(C)Nc1nc(N)nc2nc[nH]c12. The molecule has 1 unspecified atom stereocenters. The molecule has 2 heterocycles. The van der Waals surface area contributed by atoms with E-state index >= 15 is 0 Å². The Hall–Kier alpha value is -1.85. The van der Waals surface area contributed by atoms with Crippen molar-refractivity contribution in [2.75, 3.05) is 11.1 Å². The Morgan fingerprint density at radius 1 is 1.32 bits per heavy atom.